The van der Waals surface area contributed by atoms with E-state index in [1.165, 1.54) is 19.3 Å². The zero-order valence-corrected chi connectivity index (χ0v) is 8.25. The molecule has 4 unspecified atom stereocenters. The molecule has 0 aromatic rings. The molecule has 0 spiro atoms. The summed E-state index contributed by atoms with van der Waals surface area (Å²) in [6.45, 7) is 4.16. The van der Waals surface area contributed by atoms with Gasteiger partial charge in [0.1, 0.15) is 5.60 Å². The summed E-state index contributed by atoms with van der Waals surface area (Å²) in [5.74, 6) is 2.30. The average molecular weight is 180 g/mol. The highest BCUT2D eigenvalue weighted by Gasteiger charge is 2.62. The van der Waals surface area contributed by atoms with Gasteiger partial charge in [-0.1, -0.05) is 0 Å². The summed E-state index contributed by atoms with van der Waals surface area (Å²) in [5.41, 5.74) is -0.179. The summed E-state index contributed by atoms with van der Waals surface area (Å²) in [6.07, 6.45) is 3.87. The molecule has 2 nitrogen and oxygen atoms in total. The number of fused-ring (bicyclic) bond motifs is 5. The maximum absolute atomic E-state index is 11.6. The molecule has 2 bridgehead atoms. The summed E-state index contributed by atoms with van der Waals surface area (Å²) in [7, 11) is 0. The monoisotopic (exact) mass is 180 g/mol. The molecule has 3 rings (SSSR count). The summed E-state index contributed by atoms with van der Waals surface area (Å²) in [4.78, 5) is 11.6. The van der Waals surface area contributed by atoms with Crippen molar-refractivity contribution in [1.82, 2.24) is 0 Å². The first-order chi connectivity index (χ1) is 6.09. The molecule has 2 saturated carbocycles. The van der Waals surface area contributed by atoms with Gasteiger partial charge in [-0.15, -0.1) is 0 Å². The summed E-state index contributed by atoms with van der Waals surface area (Å²) < 4.78 is 5.46. The molecular weight excluding hydrogens is 164 g/mol. The minimum absolute atomic E-state index is 0.0854. The van der Waals surface area contributed by atoms with Gasteiger partial charge in [0.2, 0.25) is 0 Å². The lowest BCUT2D eigenvalue weighted by molar-refractivity contribution is -0.150. The Labute approximate surface area is 78.6 Å². The Morgan fingerprint density at radius 2 is 2.00 bits per heavy atom. The highest BCUT2D eigenvalue weighted by molar-refractivity contribution is 5.77. The molecule has 2 aliphatic carbocycles. The van der Waals surface area contributed by atoms with Crippen LogP contribution in [0.3, 0.4) is 0 Å². The number of hydrogen-bond acceptors (Lipinski definition) is 2. The highest BCUT2D eigenvalue weighted by Crippen LogP contribution is 2.60. The van der Waals surface area contributed by atoms with Gasteiger partial charge < -0.3 is 4.74 Å². The first-order valence-corrected chi connectivity index (χ1v) is 5.32. The van der Waals surface area contributed by atoms with E-state index in [2.05, 4.69) is 13.8 Å². The molecule has 4 atom stereocenters. The maximum atomic E-state index is 11.6. The lowest BCUT2D eigenvalue weighted by Crippen LogP contribution is -2.33. The molecular formula is C11H16O2. The third-order valence-electron chi connectivity index (χ3n) is 4.35. The Hall–Kier alpha value is -0.530. The van der Waals surface area contributed by atoms with Crippen LogP contribution in [0.25, 0.3) is 0 Å². The van der Waals surface area contributed by atoms with Crippen molar-refractivity contribution in [2.75, 3.05) is 0 Å². The summed E-state index contributed by atoms with van der Waals surface area (Å²) in [5, 5.41) is 0. The molecule has 1 saturated heterocycles. The van der Waals surface area contributed by atoms with Crippen LogP contribution in [0, 0.1) is 23.7 Å². The fourth-order valence-corrected chi connectivity index (χ4v) is 4.03. The topological polar surface area (TPSA) is 26.3 Å². The Balaban J connectivity index is 2.02. The molecule has 1 aliphatic heterocycles. The number of esters is 1. The van der Waals surface area contributed by atoms with Crippen LogP contribution in [-0.2, 0) is 9.53 Å². The fraction of sp³-hybridized carbons (Fsp3) is 0.909. The van der Waals surface area contributed by atoms with Gasteiger partial charge in [-0.2, -0.15) is 0 Å². The van der Waals surface area contributed by atoms with Gasteiger partial charge in [0, 0.05) is 5.92 Å². The molecule has 2 heteroatoms. The molecule has 3 fully saturated rings. The van der Waals surface area contributed by atoms with Gasteiger partial charge >= 0.3 is 5.97 Å². The zero-order chi connectivity index (χ0) is 9.22. The van der Waals surface area contributed by atoms with Crippen LogP contribution >= 0.6 is 0 Å². The number of rotatable bonds is 0. The third kappa shape index (κ3) is 0.818. The smallest absolute Gasteiger partial charge is 0.310 e. The van der Waals surface area contributed by atoms with Crippen LogP contribution in [0.5, 0.6) is 0 Å². The van der Waals surface area contributed by atoms with Crippen molar-refractivity contribution in [3.8, 4) is 0 Å². The van der Waals surface area contributed by atoms with E-state index in [1.54, 1.807) is 0 Å². The van der Waals surface area contributed by atoms with Gasteiger partial charge in [-0.3, -0.25) is 4.79 Å². The second kappa shape index (κ2) is 2.10. The predicted molar refractivity (Wildman–Crippen MR) is 48.0 cm³/mol. The van der Waals surface area contributed by atoms with Crippen molar-refractivity contribution < 1.29 is 9.53 Å². The largest absolute Gasteiger partial charge is 0.459 e. The maximum Gasteiger partial charge on any atom is 0.310 e. The van der Waals surface area contributed by atoms with Gasteiger partial charge in [-0.25, -0.2) is 0 Å². The van der Waals surface area contributed by atoms with E-state index in [-0.39, 0.29) is 17.5 Å². The molecule has 3 aliphatic rings. The van der Waals surface area contributed by atoms with E-state index >= 15 is 0 Å². The van der Waals surface area contributed by atoms with Gasteiger partial charge in [0.15, 0.2) is 0 Å². The lowest BCUT2D eigenvalue weighted by atomic mass is 9.74. The third-order valence-corrected chi connectivity index (χ3v) is 4.35. The number of hydrogen-bond donors (Lipinski definition) is 0. The van der Waals surface area contributed by atoms with Crippen LogP contribution in [0.4, 0.5) is 0 Å². The molecule has 0 amide bonds. The van der Waals surface area contributed by atoms with Crippen molar-refractivity contribution in [2.45, 2.75) is 38.7 Å². The Kier molecular flexibility index (Phi) is 1.27. The molecule has 0 N–H and O–H groups in total. The molecule has 0 radical (unpaired) electrons. The van der Waals surface area contributed by atoms with E-state index in [1.807, 2.05) is 0 Å². The van der Waals surface area contributed by atoms with Crippen molar-refractivity contribution in [2.24, 2.45) is 23.7 Å². The van der Waals surface area contributed by atoms with E-state index in [0.29, 0.717) is 11.8 Å². The number of carbonyl (C=O) groups excluding carboxylic acids is 1. The SMILES string of the molecule is CC1(C)OC(=O)C2C3CCC(C3)C21. The molecule has 13 heavy (non-hydrogen) atoms. The summed E-state index contributed by atoms with van der Waals surface area (Å²) >= 11 is 0. The van der Waals surface area contributed by atoms with Crippen LogP contribution in [0.1, 0.15) is 33.1 Å². The standard InChI is InChI=1S/C11H16O2/c1-11(2)9-7-4-3-6(5-7)8(9)10(12)13-11/h6-9H,3-5H2,1-2H3. The van der Waals surface area contributed by atoms with Crippen LogP contribution < -0.4 is 0 Å². The normalized spacial score (nSPS) is 50.8. The van der Waals surface area contributed by atoms with Crippen molar-refractivity contribution in [3.05, 3.63) is 0 Å². The molecule has 0 aromatic heterocycles. The number of cyclic esters (lactones) is 1. The van der Waals surface area contributed by atoms with Gasteiger partial charge in [-0.05, 0) is 44.9 Å². The van der Waals surface area contributed by atoms with E-state index in [0.717, 1.165) is 5.92 Å². The Morgan fingerprint density at radius 1 is 1.31 bits per heavy atom. The second-order valence-electron chi connectivity index (χ2n) is 5.41. The Bertz CT molecular complexity index is 269. The summed E-state index contributed by atoms with van der Waals surface area (Å²) in [6, 6.07) is 0. The zero-order valence-electron chi connectivity index (χ0n) is 8.25. The first-order valence-electron chi connectivity index (χ1n) is 5.32. The van der Waals surface area contributed by atoms with Gasteiger partial charge in [0.05, 0.1) is 5.92 Å². The van der Waals surface area contributed by atoms with Crippen molar-refractivity contribution >= 4 is 5.97 Å². The fourth-order valence-electron chi connectivity index (χ4n) is 4.03. The molecule has 72 valence electrons. The molecule has 1 heterocycles. The van der Waals surface area contributed by atoms with Gasteiger partial charge in [0.25, 0.3) is 0 Å². The minimum Gasteiger partial charge on any atom is -0.459 e. The van der Waals surface area contributed by atoms with Crippen molar-refractivity contribution in [1.29, 1.82) is 0 Å². The van der Waals surface area contributed by atoms with Crippen LogP contribution in [0.2, 0.25) is 0 Å². The van der Waals surface area contributed by atoms with E-state index in [4.69, 9.17) is 4.74 Å². The first kappa shape index (κ1) is 7.84. The minimum atomic E-state index is -0.179. The van der Waals surface area contributed by atoms with E-state index in [9.17, 15) is 4.79 Å². The second-order valence-corrected chi connectivity index (χ2v) is 5.41. The Morgan fingerprint density at radius 3 is 2.69 bits per heavy atom. The van der Waals surface area contributed by atoms with Crippen molar-refractivity contribution in [3.63, 3.8) is 0 Å². The molecule has 0 aromatic carbocycles. The predicted octanol–water partition coefficient (Wildman–Crippen LogP) is 1.98. The van der Waals surface area contributed by atoms with Crippen LogP contribution in [0.15, 0.2) is 0 Å². The lowest BCUT2D eigenvalue weighted by Gasteiger charge is -2.30. The number of ether oxygens (including phenoxy) is 1. The van der Waals surface area contributed by atoms with Crippen LogP contribution in [-0.4, -0.2) is 11.6 Å². The van der Waals surface area contributed by atoms with E-state index < -0.39 is 0 Å². The quantitative estimate of drug-likeness (QED) is 0.533. The highest BCUT2D eigenvalue weighted by atomic mass is 16.6. The average Bonchev–Trinajstić information content (AvgIpc) is 2.63. The number of carbonyl (C=O) groups is 1.